The summed E-state index contributed by atoms with van der Waals surface area (Å²) in [4.78, 5) is 22.0. The molecule has 2 aromatic heterocycles. The van der Waals surface area contributed by atoms with Crippen LogP contribution in [-0.4, -0.2) is 60.9 Å². The molecule has 3 heterocycles. The van der Waals surface area contributed by atoms with E-state index in [4.69, 9.17) is 15.6 Å². The van der Waals surface area contributed by atoms with Crippen LogP contribution in [-0.2, 0) is 9.53 Å². The number of aliphatic hydroxyl groups excluding tert-OH is 2. The van der Waals surface area contributed by atoms with Gasteiger partial charge in [-0.3, -0.25) is 9.36 Å². The summed E-state index contributed by atoms with van der Waals surface area (Å²) in [5.41, 5.74) is 5.40. The van der Waals surface area contributed by atoms with Gasteiger partial charge in [-0.05, 0) is 0 Å². The third-order valence-corrected chi connectivity index (χ3v) is 3.45. The Morgan fingerprint density at radius 3 is 2.87 bits per heavy atom. The summed E-state index contributed by atoms with van der Waals surface area (Å²) >= 11 is 0. The number of nitrogens with zero attached hydrogens (tertiary/aromatic N) is 4. The molecule has 1 fully saturated rings. The van der Waals surface area contributed by atoms with Gasteiger partial charge in [0.1, 0.15) is 6.10 Å². The van der Waals surface area contributed by atoms with Gasteiger partial charge in [0, 0.05) is 0 Å². The van der Waals surface area contributed by atoms with Crippen molar-refractivity contribution in [2.45, 2.75) is 24.4 Å². The van der Waals surface area contributed by atoms with Crippen molar-refractivity contribution >= 4 is 29.3 Å². The number of amides is 1. The summed E-state index contributed by atoms with van der Waals surface area (Å²) in [6.45, 7) is -0.783. The lowest BCUT2D eigenvalue weighted by Gasteiger charge is -2.20. The molecule has 1 aliphatic heterocycles. The number of halogens is 2. The van der Waals surface area contributed by atoms with Gasteiger partial charge in [0.05, 0.1) is 12.9 Å². The van der Waals surface area contributed by atoms with Gasteiger partial charge in [-0.2, -0.15) is 18.7 Å². The first-order chi connectivity index (χ1) is 10.9. The second kappa shape index (κ2) is 5.33. The van der Waals surface area contributed by atoms with Gasteiger partial charge >= 0.3 is 5.92 Å². The highest BCUT2D eigenvalue weighted by Gasteiger charge is 2.59. The lowest BCUT2D eigenvalue weighted by atomic mass is 10.1. The lowest BCUT2D eigenvalue weighted by molar-refractivity contribution is -0.138. The molecule has 5 N–H and O–H groups in total. The number of hydrogen-bond acceptors (Lipinski definition) is 8. The fraction of sp³-hybridized carbons (Fsp3) is 0.455. The van der Waals surface area contributed by atoms with Gasteiger partial charge in [0.2, 0.25) is 18.6 Å². The number of imidazole rings is 1. The van der Waals surface area contributed by atoms with Crippen LogP contribution in [0.25, 0.3) is 11.2 Å². The molecule has 10 nitrogen and oxygen atoms in total. The highest BCUT2D eigenvalue weighted by Crippen LogP contribution is 2.43. The van der Waals surface area contributed by atoms with Crippen molar-refractivity contribution in [3.63, 3.8) is 0 Å². The Morgan fingerprint density at radius 2 is 2.26 bits per heavy atom. The van der Waals surface area contributed by atoms with Crippen molar-refractivity contribution < 1.29 is 28.5 Å². The number of aromatic nitrogens is 4. The van der Waals surface area contributed by atoms with Crippen LogP contribution in [0, 0.1) is 0 Å². The maximum absolute atomic E-state index is 14.2. The van der Waals surface area contributed by atoms with Gasteiger partial charge in [-0.15, -0.1) is 0 Å². The van der Waals surface area contributed by atoms with Crippen molar-refractivity contribution in [1.29, 1.82) is 0 Å². The van der Waals surface area contributed by atoms with Gasteiger partial charge in [0.25, 0.3) is 0 Å². The first-order valence-electron chi connectivity index (χ1n) is 6.42. The fourth-order valence-corrected chi connectivity index (χ4v) is 2.38. The number of fused-ring (bicyclic) bond motifs is 1. The fourth-order valence-electron chi connectivity index (χ4n) is 2.38. The first-order valence-corrected chi connectivity index (χ1v) is 6.42. The molecule has 2 aromatic rings. The molecule has 0 spiro atoms. The van der Waals surface area contributed by atoms with Gasteiger partial charge in [-0.25, -0.2) is 4.98 Å². The van der Waals surface area contributed by atoms with E-state index in [-0.39, 0.29) is 22.9 Å². The topological polar surface area (TPSA) is 148 Å². The molecule has 0 bridgehead atoms. The van der Waals surface area contributed by atoms with Crippen molar-refractivity contribution in [3.8, 4) is 0 Å². The number of nitrogen functional groups attached to an aromatic ring is 1. The smallest absolute Gasteiger partial charge is 0.320 e. The minimum atomic E-state index is -3.70. The SMILES string of the molecule is Nc1nc(NC=O)c2ncn([C@@H]3O[C@H](CO)[C@@H](O)C3(F)F)c2n1. The van der Waals surface area contributed by atoms with E-state index in [1.54, 1.807) is 0 Å². The molecule has 3 atom stereocenters. The molecule has 0 unspecified atom stereocenters. The van der Waals surface area contributed by atoms with Crippen LogP contribution in [0.3, 0.4) is 0 Å². The lowest BCUT2D eigenvalue weighted by Crippen LogP contribution is -2.39. The monoisotopic (exact) mass is 330 g/mol. The highest BCUT2D eigenvalue weighted by atomic mass is 19.3. The molecule has 0 radical (unpaired) electrons. The molecular formula is C11H12F2N6O4. The second-order valence-corrected chi connectivity index (χ2v) is 4.85. The Morgan fingerprint density at radius 1 is 1.52 bits per heavy atom. The summed E-state index contributed by atoms with van der Waals surface area (Å²) in [7, 11) is 0. The number of carbonyl (C=O) groups is 1. The number of alkyl halides is 2. The molecule has 3 rings (SSSR count). The quantitative estimate of drug-likeness (QED) is 0.514. The van der Waals surface area contributed by atoms with Crippen molar-refractivity contribution in [1.82, 2.24) is 19.5 Å². The zero-order valence-corrected chi connectivity index (χ0v) is 11.4. The average Bonchev–Trinajstić information content (AvgIpc) is 3.00. The van der Waals surface area contributed by atoms with Crippen molar-refractivity contribution in [3.05, 3.63) is 6.33 Å². The Bertz CT molecular complexity index is 753. The molecule has 0 aliphatic carbocycles. The minimum Gasteiger partial charge on any atom is -0.394 e. The van der Waals surface area contributed by atoms with E-state index in [2.05, 4.69) is 20.3 Å². The molecule has 23 heavy (non-hydrogen) atoms. The number of anilines is 2. The molecule has 124 valence electrons. The third-order valence-electron chi connectivity index (χ3n) is 3.45. The van der Waals surface area contributed by atoms with Crippen LogP contribution >= 0.6 is 0 Å². The van der Waals surface area contributed by atoms with Crippen LogP contribution in [0.1, 0.15) is 6.23 Å². The van der Waals surface area contributed by atoms with E-state index in [1.165, 1.54) is 0 Å². The van der Waals surface area contributed by atoms with Gasteiger partial charge < -0.3 is 26.0 Å². The van der Waals surface area contributed by atoms with E-state index in [0.717, 1.165) is 10.9 Å². The average molecular weight is 330 g/mol. The number of hydrogen-bond donors (Lipinski definition) is 4. The number of nitrogens with two attached hydrogens (primary N) is 1. The molecule has 0 saturated carbocycles. The second-order valence-electron chi connectivity index (χ2n) is 4.85. The zero-order valence-electron chi connectivity index (χ0n) is 11.4. The largest absolute Gasteiger partial charge is 0.394 e. The van der Waals surface area contributed by atoms with Crippen LogP contribution in [0.4, 0.5) is 20.5 Å². The van der Waals surface area contributed by atoms with E-state index in [9.17, 15) is 18.7 Å². The summed E-state index contributed by atoms with van der Waals surface area (Å²) < 4.78 is 34.3. The Hall–Kier alpha value is -2.44. The Balaban J connectivity index is 2.12. The number of rotatable bonds is 4. The number of ether oxygens (including phenoxy) is 1. The molecule has 12 heteroatoms. The van der Waals surface area contributed by atoms with Gasteiger partial charge in [0.15, 0.2) is 23.1 Å². The Kier molecular flexibility index (Phi) is 3.58. The van der Waals surface area contributed by atoms with Crippen LogP contribution in [0.15, 0.2) is 6.33 Å². The predicted octanol–water partition coefficient (Wildman–Crippen LogP) is -1.14. The standard InChI is InChI=1S/C11H12F2N6O4/c12-11(13)6(22)4(1-20)23-9(11)19-2-15-5-7(16-3-21)17-10(14)18-8(5)19/h2-4,6,9,20,22H,1H2,(H3,14,16,17,18,21)/t4-,6-,9-/m1/s1. The van der Waals surface area contributed by atoms with Crippen LogP contribution < -0.4 is 11.1 Å². The maximum Gasteiger partial charge on any atom is 0.320 e. The molecule has 1 aliphatic rings. The highest BCUT2D eigenvalue weighted by molar-refractivity contribution is 5.89. The number of nitrogens with one attached hydrogen (secondary N) is 1. The number of carbonyl (C=O) groups excluding carboxylic acids is 1. The number of aliphatic hydroxyl groups is 2. The van der Waals surface area contributed by atoms with E-state index in [1.807, 2.05) is 0 Å². The normalized spacial score (nSPS) is 26.5. The van der Waals surface area contributed by atoms with Crippen LogP contribution in [0.2, 0.25) is 0 Å². The molecule has 1 saturated heterocycles. The minimum absolute atomic E-state index is 0.0210. The summed E-state index contributed by atoms with van der Waals surface area (Å²) in [6.07, 6.45) is -4.27. The van der Waals surface area contributed by atoms with Crippen LogP contribution in [0.5, 0.6) is 0 Å². The van der Waals surface area contributed by atoms with Crippen molar-refractivity contribution in [2.75, 3.05) is 17.7 Å². The van der Waals surface area contributed by atoms with Gasteiger partial charge in [-0.1, -0.05) is 0 Å². The van der Waals surface area contributed by atoms with E-state index < -0.39 is 31.0 Å². The molecular weight excluding hydrogens is 318 g/mol. The van der Waals surface area contributed by atoms with E-state index in [0.29, 0.717) is 6.41 Å². The van der Waals surface area contributed by atoms with Crippen molar-refractivity contribution in [2.24, 2.45) is 0 Å². The Labute approximate surface area is 126 Å². The molecule has 0 aromatic carbocycles. The third kappa shape index (κ3) is 2.27. The summed E-state index contributed by atoms with van der Waals surface area (Å²) in [6, 6.07) is 0. The molecule has 1 amide bonds. The first kappa shape index (κ1) is 15.5. The summed E-state index contributed by atoms with van der Waals surface area (Å²) in [5.74, 6) is -4.02. The predicted molar refractivity (Wildman–Crippen MR) is 71.4 cm³/mol. The van der Waals surface area contributed by atoms with E-state index >= 15 is 0 Å². The summed E-state index contributed by atoms with van der Waals surface area (Å²) in [5, 5.41) is 20.8. The maximum atomic E-state index is 14.2. The zero-order chi connectivity index (χ0) is 16.8.